The zero-order valence-corrected chi connectivity index (χ0v) is 16.7. The van der Waals surface area contributed by atoms with E-state index >= 15 is 0 Å². The smallest absolute Gasteiger partial charge is 0.279 e. The average Bonchev–Trinajstić information content (AvgIpc) is 3.44. The van der Waals surface area contributed by atoms with E-state index in [9.17, 15) is 4.79 Å². The molecule has 0 spiro atoms. The van der Waals surface area contributed by atoms with Crippen LogP contribution in [0.2, 0.25) is 0 Å². The number of rotatable bonds is 7. The molecule has 1 fully saturated rings. The molecule has 0 radical (unpaired) electrons. The second kappa shape index (κ2) is 9.04. The van der Waals surface area contributed by atoms with Gasteiger partial charge in [-0.05, 0) is 48.6 Å². The second-order valence-corrected chi connectivity index (χ2v) is 8.11. The summed E-state index contributed by atoms with van der Waals surface area (Å²) in [6, 6.07) is 22.9. The van der Waals surface area contributed by atoms with Gasteiger partial charge in [0.2, 0.25) is 0 Å². The molecular weight excluding hydrogens is 366 g/mol. The number of benzene rings is 2. The number of quaternary nitrogens is 1. The molecule has 2 heterocycles. The molecular formula is C23H26N3OS+. The van der Waals surface area contributed by atoms with Crippen LogP contribution in [0.3, 0.4) is 0 Å². The number of amides is 1. The van der Waals surface area contributed by atoms with E-state index in [0.29, 0.717) is 6.54 Å². The summed E-state index contributed by atoms with van der Waals surface area (Å²) >= 11 is 1.73. The number of nitrogens with one attached hydrogen (secondary N) is 1. The Morgan fingerprint density at radius 1 is 1.00 bits per heavy atom. The molecule has 4 rings (SSSR count). The molecule has 4 nitrogen and oxygen atoms in total. The van der Waals surface area contributed by atoms with Gasteiger partial charge in [0, 0.05) is 30.0 Å². The van der Waals surface area contributed by atoms with Gasteiger partial charge in [0.25, 0.3) is 5.91 Å². The first-order valence-corrected chi connectivity index (χ1v) is 10.7. The lowest BCUT2D eigenvalue weighted by Gasteiger charge is -2.18. The first kappa shape index (κ1) is 18.7. The molecule has 1 aliphatic rings. The summed E-state index contributed by atoms with van der Waals surface area (Å²) in [6.45, 7) is 2.64. The Bertz CT molecular complexity index is 872. The number of carbonyl (C=O) groups excluding carboxylic acids is 1. The predicted octanol–water partition coefficient (Wildman–Crippen LogP) is 3.64. The summed E-state index contributed by atoms with van der Waals surface area (Å²) in [4.78, 5) is 16.2. The largest absolute Gasteiger partial charge is 0.372 e. The van der Waals surface area contributed by atoms with Crippen LogP contribution < -0.4 is 15.5 Å². The highest BCUT2D eigenvalue weighted by atomic mass is 32.1. The number of hydrogen-bond acceptors (Lipinski definition) is 3. The first-order chi connectivity index (χ1) is 13.8. The minimum atomic E-state index is 0.0198. The topological polar surface area (TPSA) is 49.0 Å². The van der Waals surface area contributed by atoms with Crippen molar-refractivity contribution in [2.24, 2.45) is 0 Å². The third kappa shape index (κ3) is 4.61. The maximum atomic E-state index is 12.5. The Morgan fingerprint density at radius 3 is 2.43 bits per heavy atom. The fourth-order valence-corrected chi connectivity index (χ4v) is 4.56. The minimum Gasteiger partial charge on any atom is -0.372 e. The molecule has 3 N–H and O–H groups in total. The van der Waals surface area contributed by atoms with E-state index in [-0.39, 0.29) is 11.9 Å². The molecule has 1 aliphatic heterocycles. The van der Waals surface area contributed by atoms with Gasteiger partial charge in [0.15, 0.2) is 6.54 Å². The van der Waals surface area contributed by atoms with Crippen LogP contribution in [0.5, 0.6) is 0 Å². The number of hydrogen-bond donors (Lipinski definition) is 2. The molecule has 144 valence electrons. The van der Waals surface area contributed by atoms with Crippen molar-refractivity contribution < 1.29 is 10.1 Å². The van der Waals surface area contributed by atoms with Crippen LogP contribution in [0.4, 0.5) is 11.4 Å². The van der Waals surface area contributed by atoms with Crippen LogP contribution in [0, 0.1) is 0 Å². The van der Waals surface area contributed by atoms with Crippen LogP contribution >= 0.6 is 11.3 Å². The molecule has 2 aromatic carbocycles. The molecule has 28 heavy (non-hydrogen) atoms. The van der Waals surface area contributed by atoms with Crippen molar-refractivity contribution in [2.45, 2.75) is 18.9 Å². The lowest BCUT2D eigenvalue weighted by molar-refractivity contribution is -0.675. The summed E-state index contributed by atoms with van der Waals surface area (Å²) in [7, 11) is 0. The summed E-state index contributed by atoms with van der Waals surface area (Å²) in [5.74, 6) is 0.0198. The number of thiophene rings is 1. The van der Waals surface area contributed by atoms with Crippen molar-refractivity contribution in [3.63, 3.8) is 0 Å². The number of carbonyl (C=O) groups is 1. The van der Waals surface area contributed by atoms with Crippen LogP contribution in [0.1, 0.15) is 29.3 Å². The maximum Gasteiger partial charge on any atom is 0.279 e. The zero-order valence-electron chi connectivity index (χ0n) is 15.9. The van der Waals surface area contributed by atoms with Gasteiger partial charge in [-0.1, -0.05) is 36.4 Å². The lowest BCUT2D eigenvalue weighted by atomic mass is 10.1. The van der Waals surface area contributed by atoms with E-state index in [1.807, 2.05) is 30.3 Å². The maximum absolute atomic E-state index is 12.5. The summed E-state index contributed by atoms with van der Waals surface area (Å²) in [5.41, 5.74) is 3.31. The normalized spacial score (nSPS) is 14.8. The van der Waals surface area contributed by atoms with Crippen LogP contribution in [-0.2, 0) is 4.79 Å². The van der Waals surface area contributed by atoms with Crippen molar-refractivity contribution in [1.82, 2.24) is 0 Å². The monoisotopic (exact) mass is 392 g/mol. The molecule has 5 heteroatoms. The fourth-order valence-electron chi connectivity index (χ4n) is 3.71. The van der Waals surface area contributed by atoms with E-state index in [0.717, 1.165) is 18.8 Å². The predicted molar refractivity (Wildman–Crippen MR) is 116 cm³/mol. The molecule has 3 aromatic rings. The van der Waals surface area contributed by atoms with Crippen LogP contribution in [0.25, 0.3) is 0 Å². The Balaban J connectivity index is 1.36. The summed E-state index contributed by atoms with van der Waals surface area (Å²) in [5, 5.41) is 7.22. The highest BCUT2D eigenvalue weighted by molar-refractivity contribution is 7.10. The van der Waals surface area contributed by atoms with Crippen LogP contribution in [0.15, 0.2) is 72.1 Å². The number of nitrogens with zero attached hydrogens (tertiary/aromatic N) is 1. The third-order valence-electron chi connectivity index (χ3n) is 5.17. The highest BCUT2D eigenvalue weighted by Crippen LogP contribution is 2.23. The first-order valence-electron chi connectivity index (χ1n) is 9.86. The van der Waals surface area contributed by atoms with E-state index < -0.39 is 0 Å². The van der Waals surface area contributed by atoms with Gasteiger partial charge in [0.1, 0.15) is 6.04 Å². The van der Waals surface area contributed by atoms with Gasteiger partial charge < -0.3 is 15.5 Å². The average molecular weight is 393 g/mol. The van der Waals surface area contributed by atoms with E-state index in [4.69, 9.17) is 0 Å². The van der Waals surface area contributed by atoms with Gasteiger partial charge in [-0.3, -0.25) is 4.79 Å². The van der Waals surface area contributed by atoms with Crippen molar-refractivity contribution >= 4 is 28.6 Å². The van der Waals surface area contributed by atoms with Gasteiger partial charge in [-0.25, -0.2) is 0 Å². The number of anilines is 2. The van der Waals surface area contributed by atoms with Crippen molar-refractivity contribution in [3.05, 3.63) is 82.6 Å². The molecule has 0 aliphatic carbocycles. The third-order valence-corrected chi connectivity index (χ3v) is 6.13. The van der Waals surface area contributed by atoms with E-state index in [2.05, 4.69) is 57.3 Å². The van der Waals surface area contributed by atoms with Gasteiger partial charge in [-0.15, -0.1) is 11.3 Å². The Morgan fingerprint density at radius 2 is 1.75 bits per heavy atom. The Hall–Kier alpha value is -2.63. The van der Waals surface area contributed by atoms with E-state index in [1.165, 1.54) is 29.0 Å². The summed E-state index contributed by atoms with van der Waals surface area (Å²) < 4.78 is 0. The molecule has 1 aromatic heterocycles. The van der Waals surface area contributed by atoms with Crippen molar-refractivity contribution in [1.29, 1.82) is 0 Å². The molecule has 1 saturated heterocycles. The molecule has 1 amide bonds. The molecule has 0 bridgehead atoms. The second-order valence-electron chi connectivity index (χ2n) is 7.13. The van der Waals surface area contributed by atoms with Gasteiger partial charge in [-0.2, -0.15) is 0 Å². The highest BCUT2D eigenvalue weighted by Gasteiger charge is 2.20. The Labute approximate surface area is 170 Å². The molecule has 0 saturated carbocycles. The summed E-state index contributed by atoms with van der Waals surface area (Å²) in [6.07, 6.45) is 2.53. The van der Waals surface area contributed by atoms with Gasteiger partial charge in [0.05, 0.1) is 4.88 Å². The standard InChI is InChI=1S/C23H25N3OS/c27-22(25-19-10-12-20(13-11-19)26-14-4-5-15-26)17-24-23(21-9-6-16-28-21)18-7-2-1-3-8-18/h1-3,6-13,16,23-24H,4-5,14-15,17H2,(H,25,27)/p+1/t23-/m1/s1. The van der Waals surface area contributed by atoms with Crippen molar-refractivity contribution in [3.8, 4) is 0 Å². The quantitative estimate of drug-likeness (QED) is 0.645. The van der Waals surface area contributed by atoms with Crippen molar-refractivity contribution in [2.75, 3.05) is 29.9 Å². The molecule has 1 atom stereocenters. The van der Waals surface area contributed by atoms with Gasteiger partial charge >= 0.3 is 0 Å². The fraction of sp³-hybridized carbons (Fsp3) is 0.261. The minimum absolute atomic E-state index is 0.0198. The van der Waals surface area contributed by atoms with Crippen LogP contribution in [-0.4, -0.2) is 25.5 Å². The van der Waals surface area contributed by atoms with E-state index in [1.54, 1.807) is 11.3 Å². The lowest BCUT2D eigenvalue weighted by Crippen LogP contribution is -2.87. The molecule has 0 unspecified atom stereocenters. The Kier molecular flexibility index (Phi) is 6.04. The SMILES string of the molecule is O=C(C[NH2+][C@H](c1ccccc1)c1cccs1)Nc1ccc(N2CCCC2)cc1. The zero-order chi connectivity index (χ0) is 19.2. The number of nitrogens with two attached hydrogens (primary N) is 1.